The summed E-state index contributed by atoms with van der Waals surface area (Å²) in [6.45, 7) is 4.18. The highest BCUT2D eigenvalue weighted by Crippen LogP contribution is 2.16. The van der Waals surface area contributed by atoms with E-state index in [0.29, 0.717) is 24.3 Å². The van der Waals surface area contributed by atoms with Crippen molar-refractivity contribution >= 4 is 0 Å². The Hall–Kier alpha value is -2.92. The molecule has 0 spiro atoms. The number of nitrogens with zero attached hydrogens (tertiary/aromatic N) is 1. The second-order valence-electron chi connectivity index (χ2n) is 6.84. The van der Waals surface area contributed by atoms with Gasteiger partial charge in [0.15, 0.2) is 0 Å². The van der Waals surface area contributed by atoms with Crippen molar-refractivity contribution in [2.24, 2.45) is 0 Å². The summed E-state index contributed by atoms with van der Waals surface area (Å²) in [4.78, 5) is 28.3. The van der Waals surface area contributed by atoms with E-state index in [1.165, 1.54) is 0 Å². The van der Waals surface area contributed by atoms with Crippen LogP contribution in [-0.4, -0.2) is 9.55 Å². The van der Waals surface area contributed by atoms with E-state index in [4.69, 9.17) is 4.74 Å². The molecule has 0 unspecified atom stereocenters. The number of nitrogens with one attached hydrogen (secondary N) is 1. The van der Waals surface area contributed by atoms with E-state index in [-0.39, 0.29) is 18.2 Å². The lowest BCUT2D eigenvalue weighted by molar-refractivity contribution is 0.0585. The molecule has 0 amide bonds. The Bertz CT molecular complexity index is 990. The van der Waals surface area contributed by atoms with E-state index in [2.05, 4.69) is 4.98 Å². The molecule has 0 bridgehead atoms. The van der Waals surface area contributed by atoms with Gasteiger partial charge in [-0.15, -0.1) is 0 Å². The number of H-pyrrole nitrogens is 1. The van der Waals surface area contributed by atoms with Gasteiger partial charge in [0.25, 0.3) is 5.56 Å². The number of rotatable bonds is 7. The molecule has 0 atom stereocenters. The van der Waals surface area contributed by atoms with Gasteiger partial charge in [-0.25, -0.2) is 9.36 Å². The summed E-state index contributed by atoms with van der Waals surface area (Å²) in [5.74, 6) is -0.00608. The van der Waals surface area contributed by atoms with E-state index >= 15 is 0 Å². The second-order valence-corrected chi connectivity index (χ2v) is 6.84. The van der Waals surface area contributed by atoms with Crippen molar-refractivity contribution in [3.8, 4) is 0 Å². The van der Waals surface area contributed by atoms with Crippen LogP contribution in [0.15, 0.2) is 70.3 Å². The Kier molecular flexibility index (Phi) is 6.04. The summed E-state index contributed by atoms with van der Waals surface area (Å²) < 4.78 is 6.73. The Morgan fingerprint density at radius 2 is 1.52 bits per heavy atom. The molecule has 140 valence electrons. The van der Waals surface area contributed by atoms with Gasteiger partial charge in [0.2, 0.25) is 0 Å². The summed E-state index contributed by atoms with van der Waals surface area (Å²) in [6, 6.07) is 19.5. The van der Waals surface area contributed by atoms with E-state index in [1.54, 1.807) is 0 Å². The average molecular weight is 364 g/mol. The second kappa shape index (κ2) is 8.64. The van der Waals surface area contributed by atoms with Crippen molar-refractivity contribution in [1.82, 2.24) is 9.55 Å². The highest BCUT2D eigenvalue weighted by molar-refractivity contribution is 5.28. The Morgan fingerprint density at radius 1 is 0.926 bits per heavy atom. The highest BCUT2D eigenvalue weighted by Gasteiger charge is 2.17. The fourth-order valence-corrected chi connectivity index (χ4v) is 3.11. The first-order valence-electron chi connectivity index (χ1n) is 9.07. The standard InChI is InChI=1S/C22H24N2O3/c1-16(2)20-19(13-17-9-5-3-6-10-17)23-22(26)24(21(20)25)15-27-14-18-11-7-4-8-12-18/h3-12,16H,13-15H2,1-2H3,(H,23,26). The van der Waals surface area contributed by atoms with Gasteiger partial charge in [-0.2, -0.15) is 0 Å². The first-order valence-corrected chi connectivity index (χ1v) is 9.07. The molecule has 3 aromatic rings. The lowest BCUT2D eigenvalue weighted by atomic mass is 9.98. The molecule has 3 rings (SSSR count). The number of hydrogen-bond donors (Lipinski definition) is 1. The molecule has 0 aliphatic carbocycles. The Labute approximate surface area is 158 Å². The van der Waals surface area contributed by atoms with Crippen molar-refractivity contribution in [1.29, 1.82) is 0 Å². The molecule has 0 fully saturated rings. The number of hydrogen-bond acceptors (Lipinski definition) is 3. The maximum absolute atomic E-state index is 12.9. The normalized spacial score (nSPS) is 11.1. The van der Waals surface area contributed by atoms with E-state index < -0.39 is 5.69 Å². The van der Waals surface area contributed by atoms with Gasteiger partial charge in [0.05, 0.1) is 6.61 Å². The third-order valence-electron chi connectivity index (χ3n) is 4.44. The molecular formula is C22H24N2O3. The molecule has 2 aromatic carbocycles. The molecule has 5 heteroatoms. The zero-order valence-electron chi connectivity index (χ0n) is 15.6. The number of ether oxygens (including phenoxy) is 1. The fraction of sp³-hybridized carbons (Fsp3) is 0.273. The summed E-state index contributed by atoms with van der Waals surface area (Å²) in [5.41, 5.74) is 2.61. The Balaban J connectivity index is 1.86. The van der Waals surface area contributed by atoms with Gasteiger partial charge in [0.1, 0.15) is 6.73 Å². The molecule has 0 saturated carbocycles. The number of aromatic amines is 1. The summed E-state index contributed by atoms with van der Waals surface area (Å²) in [6.07, 6.45) is 0.518. The van der Waals surface area contributed by atoms with Crippen molar-refractivity contribution in [2.45, 2.75) is 39.5 Å². The summed E-state index contributed by atoms with van der Waals surface area (Å²) >= 11 is 0. The minimum Gasteiger partial charge on any atom is -0.356 e. The molecule has 0 aliphatic rings. The van der Waals surface area contributed by atoms with Crippen LogP contribution in [0, 0.1) is 0 Å². The monoisotopic (exact) mass is 364 g/mol. The minimum atomic E-state index is -0.441. The number of aromatic nitrogens is 2. The smallest absolute Gasteiger partial charge is 0.330 e. The van der Waals surface area contributed by atoms with Crippen molar-refractivity contribution in [2.75, 3.05) is 0 Å². The number of benzene rings is 2. The van der Waals surface area contributed by atoms with Crippen LogP contribution in [0.3, 0.4) is 0 Å². The van der Waals surface area contributed by atoms with Gasteiger partial charge in [-0.1, -0.05) is 74.5 Å². The van der Waals surface area contributed by atoms with Crippen LogP contribution < -0.4 is 11.2 Å². The third kappa shape index (κ3) is 4.63. The van der Waals surface area contributed by atoms with Crippen LogP contribution in [0.5, 0.6) is 0 Å². The largest absolute Gasteiger partial charge is 0.356 e. The minimum absolute atomic E-state index is 0.00608. The average Bonchev–Trinajstić information content (AvgIpc) is 2.65. The molecule has 0 aliphatic heterocycles. The van der Waals surface area contributed by atoms with Gasteiger partial charge < -0.3 is 9.72 Å². The van der Waals surface area contributed by atoms with Crippen LogP contribution >= 0.6 is 0 Å². The van der Waals surface area contributed by atoms with Crippen LogP contribution in [0.25, 0.3) is 0 Å². The quantitative estimate of drug-likeness (QED) is 0.699. The lowest BCUT2D eigenvalue weighted by Crippen LogP contribution is -2.39. The van der Waals surface area contributed by atoms with Crippen molar-refractivity contribution in [3.05, 3.63) is 104 Å². The van der Waals surface area contributed by atoms with Crippen LogP contribution in [0.1, 0.15) is 42.1 Å². The fourth-order valence-electron chi connectivity index (χ4n) is 3.11. The van der Waals surface area contributed by atoms with Crippen LogP contribution in [0.2, 0.25) is 0 Å². The third-order valence-corrected chi connectivity index (χ3v) is 4.44. The van der Waals surface area contributed by atoms with E-state index in [1.807, 2.05) is 74.5 Å². The molecule has 5 nitrogen and oxygen atoms in total. The lowest BCUT2D eigenvalue weighted by Gasteiger charge is -2.15. The predicted molar refractivity (Wildman–Crippen MR) is 106 cm³/mol. The molecule has 1 aromatic heterocycles. The van der Waals surface area contributed by atoms with Crippen molar-refractivity contribution in [3.63, 3.8) is 0 Å². The maximum atomic E-state index is 12.9. The van der Waals surface area contributed by atoms with Crippen LogP contribution in [0.4, 0.5) is 0 Å². The van der Waals surface area contributed by atoms with Gasteiger partial charge >= 0.3 is 5.69 Å². The topological polar surface area (TPSA) is 64.1 Å². The zero-order chi connectivity index (χ0) is 19.2. The Morgan fingerprint density at radius 3 is 2.11 bits per heavy atom. The molecule has 1 N–H and O–H groups in total. The van der Waals surface area contributed by atoms with Crippen molar-refractivity contribution < 1.29 is 4.74 Å². The molecule has 27 heavy (non-hydrogen) atoms. The van der Waals surface area contributed by atoms with E-state index in [0.717, 1.165) is 15.7 Å². The zero-order valence-corrected chi connectivity index (χ0v) is 15.6. The van der Waals surface area contributed by atoms with Gasteiger partial charge in [-0.05, 0) is 17.0 Å². The maximum Gasteiger partial charge on any atom is 0.330 e. The van der Waals surface area contributed by atoms with E-state index in [9.17, 15) is 9.59 Å². The molecule has 1 heterocycles. The highest BCUT2D eigenvalue weighted by atomic mass is 16.5. The molecule has 0 saturated heterocycles. The first-order chi connectivity index (χ1) is 13.1. The first kappa shape index (κ1) is 18.9. The molecular weight excluding hydrogens is 340 g/mol. The predicted octanol–water partition coefficient (Wildman–Crippen LogP) is 3.43. The SMILES string of the molecule is CC(C)c1c(Cc2ccccc2)[nH]c(=O)n(COCc2ccccc2)c1=O. The summed E-state index contributed by atoms with van der Waals surface area (Å²) in [5, 5.41) is 0. The summed E-state index contributed by atoms with van der Waals surface area (Å²) in [7, 11) is 0. The van der Waals surface area contributed by atoms with Crippen LogP contribution in [-0.2, 0) is 24.5 Å². The molecule has 0 radical (unpaired) electrons. The van der Waals surface area contributed by atoms with Gasteiger partial charge in [-0.3, -0.25) is 4.79 Å². The van der Waals surface area contributed by atoms with Gasteiger partial charge in [0, 0.05) is 17.7 Å².